The van der Waals surface area contributed by atoms with Crippen molar-refractivity contribution in [2.75, 3.05) is 5.75 Å². The van der Waals surface area contributed by atoms with Gasteiger partial charge in [0, 0.05) is 16.2 Å². The molecule has 0 radical (unpaired) electrons. The Morgan fingerprint density at radius 2 is 2.18 bits per heavy atom. The summed E-state index contributed by atoms with van der Waals surface area (Å²) in [6, 6.07) is 4.25. The average molecular weight is 266 g/mol. The van der Waals surface area contributed by atoms with E-state index in [2.05, 4.69) is 22.8 Å². The Hall–Kier alpha value is -0.480. The summed E-state index contributed by atoms with van der Waals surface area (Å²) in [7, 11) is 0. The molecule has 2 aliphatic rings. The third-order valence-electron chi connectivity index (χ3n) is 3.63. The number of thiophene rings is 1. The number of nitrogens with zero attached hydrogens (tertiary/aromatic N) is 1. The maximum absolute atomic E-state index is 4.69. The molecule has 0 aromatic carbocycles. The van der Waals surface area contributed by atoms with Gasteiger partial charge in [-0.2, -0.15) is 0 Å². The molecule has 17 heavy (non-hydrogen) atoms. The minimum atomic E-state index is 0.386. The van der Waals surface area contributed by atoms with Gasteiger partial charge in [-0.1, -0.05) is 37.1 Å². The van der Waals surface area contributed by atoms with Crippen molar-refractivity contribution >= 4 is 28.3 Å². The molecule has 1 N–H and O–H groups in total. The number of aliphatic imine (C=N–C) groups is 1. The molecule has 1 saturated heterocycles. The van der Waals surface area contributed by atoms with Crippen LogP contribution in [0.1, 0.15) is 37.0 Å². The van der Waals surface area contributed by atoms with Crippen LogP contribution >= 0.6 is 23.1 Å². The standard InChI is InChI=1S/C13H18N2S2/c1-2-6-13(7-3-1)10-17-12(15-13)14-9-11-5-4-8-16-11/h4-5,8H,1-3,6-7,9-10H2,(H,14,15). The van der Waals surface area contributed by atoms with Crippen LogP contribution in [0.4, 0.5) is 0 Å². The van der Waals surface area contributed by atoms with Gasteiger partial charge in [-0.15, -0.1) is 11.3 Å². The van der Waals surface area contributed by atoms with Crippen LogP contribution in [0.2, 0.25) is 0 Å². The zero-order valence-electron chi connectivity index (χ0n) is 9.95. The minimum Gasteiger partial charge on any atom is -0.359 e. The largest absolute Gasteiger partial charge is 0.359 e. The second kappa shape index (κ2) is 5.02. The van der Waals surface area contributed by atoms with E-state index in [1.165, 1.54) is 47.9 Å². The predicted octanol–water partition coefficient (Wildman–Crippen LogP) is 3.64. The van der Waals surface area contributed by atoms with Crippen molar-refractivity contribution in [3.8, 4) is 0 Å². The van der Waals surface area contributed by atoms with Crippen molar-refractivity contribution in [2.24, 2.45) is 4.99 Å². The molecular formula is C13H18N2S2. The van der Waals surface area contributed by atoms with E-state index in [4.69, 9.17) is 4.99 Å². The first-order chi connectivity index (χ1) is 8.36. The summed E-state index contributed by atoms with van der Waals surface area (Å²) >= 11 is 3.70. The Kier molecular flexibility index (Phi) is 3.43. The SMILES string of the molecule is c1csc(CN=C2NC3(CCCCC3)CS2)c1. The van der Waals surface area contributed by atoms with Gasteiger partial charge in [-0.3, -0.25) is 4.99 Å². The molecule has 0 atom stereocenters. The molecular weight excluding hydrogens is 248 g/mol. The van der Waals surface area contributed by atoms with Crippen LogP contribution in [0.15, 0.2) is 22.5 Å². The molecule has 92 valence electrons. The Morgan fingerprint density at radius 1 is 1.29 bits per heavy atom. The van der Waals surface area contributed by atoms with E-state index in [1.54, 1.807) is 11.3 Å². The first kappa shape index (κ1) is 11.6. The van der Waals surface area contributed by atoms with Gasteiger partial charge in [0.1, 0.15) is 0 Å². The van der Waals surface area contributed by atoms with Gasteiger partial charge in [-0.25, -0.2) is 0 Å². The summed E-state index contributed by atoms with van der Waals surface area (Å²) in [6.07, 6.45) is 6.84. The number of amidine groups is 1. The molecule has 1 aromatic rings. The Labute approximate surface area is 111 Å². The number of hydrogen-bond donors (Lipinski definition) is 1. The second-order valence-electron chi connectivity index (χ2n) is 4.96. The minimum absolute atomic E-state index is 0.386. The van der Waals surface area contributed by atoms with E-state index in [9.17, 15) is 0 Å². The normalized spacial score (nSPS) is 25.3. The molecule has 1 aliphatic carbocycles. The first-order valence-electron chi connectivity index (χ1n) is 6.34. The van der Waals surface area contributed by atoms with Crippen molar-refractivity contribution < 1.29 is 0 Å². The number of nitrogens with one attached hydrogen (secondary N) is 1. The zero-order chi connectivity index (χ0) is 11.6. The monoisotopic (exact) mass is 266 g/mol. The van der Waals surface area contributed by atoms with Gasteiger partial charge in [0.25, 0.3) is 0 Å². The summed E-state index contributed by atoms with van der Waals surface area (Å²) in [5, 5.41) is 6.97. The molecule has 4 heteroatoms. The molecule has 3 rings (SSSR count). The van der Waals surface area contributed by atoms with E-state index >= 15 is 0 Å². The fraction of sp³-hybridized carbons (Fsp3) is 0.615. The molecule has 0 amide bonds. The fourth-order valence-electron chi connectivity index (χ4n) is 2.64. The summed E-state index contributed by atoms with van der Waals surface area (Å²) in [5.74, 6) is 1.22. The molecule has 2 heterocycles. The molecule has 1 aromatic heterocycles. The van der Waals surface area contributed by atoms with Crippen LogP contribution in [-0.2, 0) is 6.54 Å². The summed E-state index contributed by atoms with van der Waals surface area (Å²) in [4.78, 5) is 6.05. The molecule has 1 aliphatic heterocycles. The van der Waals surface area contributed by atoms with Crippen LogP contribution in [0.3, 0.4) is 0 Å². The predicted molar refractivity (Wildman–Crippen MR) is 76.9 cm³/mol. The average Bonchev–Trinajstić information content (AvgIpc) is 2.98. The molecule has 0 unspecified atom stereocenters. The van der Waals surface area contributed by atoms with Crippen LogP contribution in [0.5, 0.6) is 0 Å². The lowest BCUT2D eigenvalue weighted by Crippen LogP contribution is -2.45. The van der Waals surface area contributed by atoms with Crippen molar-refractivity contribution in [3.63, 3.8) is 0 Å². The van der Waals surface area contributed by atoms with Crippen LogP contribution in [-0.4, -0.2) is 16.5 Å². The quantitative estimate of drug-likeness (QED) is 0.883. The highest BCUT2D eigenvalue weighted by Crippen LogP contribution is 2.36. The molecule has 1 saturated carbocycles. The zero-order valence-corrected chi connectivity index (χ0v) is 11.6. The Balaban J connectivity index is 1.61. The van der Waals surface area contributed by atoms with Crippen molar-refractivity contribution in [2.45, 2.75) is 44.2 Å². The molecule has 2 fully saturated rings. The topological polar surface area (TPSA) is 24.4 Å². The van der Waals surface area contributed by atoms with Crippen molar-refractivity contribution in [3.05, 3.63) is 22.4 Å². The van der Waals surface area contributed by atoms with Gasteiger partial charge in [0.05, 0.1) is 6.54 Å². The lowest BCUT2D eigenvalue weighted by atomic mass is 9.83. The number of rotatable bonds is 2. The highest BCUT2D eigenvalue weighted by atomic mass is 32.2. The van der Waals surface area contributed by atoms with Gasteiger partial charge in [0.2, 0.25) is 0 Å². The highest BCUT2D eigenvalue weighted by molar-refractivity contribution is 8.14. The maximum Gasteiger partial charge on any atom is 0.157 e. The molecule has 2 nitrogen and oxygen atoms in total. The lowest BCUT2D eigenvalue weighted by Gasteiger charge is -2.32. The number of thioether (sulfide) groups is 1. The van der Waals surface area contributed by atoms with E-state index in [0.29, 0.717) is 5.54 Å². The highest BCUT2D eigenvalue weighted by Gasteiger charge is 2.37. The van der Waals surface area contributed by atoms with Crippen LogP contribution in [0.25, 0.3) is 0 Å². The second-order valence-corrected chi connectivity index (χ2v) is 6.95. The third-order valence-corrected chi connectivity index (χ3v) is 5.69. The molecule has 1 spiro atoms. The van der Waals surface area contributed by atoms with Gasteiger partial charge in [0.15, 0.2) is 5.17 Å². The lowest BCUT2D eigenvalue weighted by molar-refractivity contribution is 0.303. The van der Waals surface area contributed by atoms with E-state index in [0.717, 1.165) is 6.54 Å². The van der Waals surface area contributed by atoms with E-state index < -0.39 is 0 Å². The first-order valence-corrected chi connectivity index (χ1v) is 8.21. The van der Waals surface area contributed by atoms with Crippen LogP contribution < -0.4 is 5.32 Å². The van der Waals surface area contributed by atoms with Gasteiger partial charge in [-0.05, 0) is 24.3 Å². The maximum atomic E-state index is 4.69. The van der Waals surface area contributed by atoms with Gasteiger partial charge >= 0.3 is 0 Å². The summed E-state index contributed by atoms with van der Waals surface area (Å²) < 4.78 is 0. The molecule has 0 bridgehead atoms. The van der Waals surface area contributed by atoms with Gasteiger partial charge < -0.3 is 5.32 Å². The Morgan fingerprint density at radius 3 is 2.94 bits per heavy atom. The number of hydrogen-bond acceptors (Lipinski definition) is 3. The van der Waals surface area contributed by atoms with Crippen molar-refractivity contribution in [1.29, 1.82) is 0 Å². The smallest absolute Gasteiger partial charge is 0.157 e. The fourth-order valence-corrected chi connectivity index (χ4v) is 4.49. The Bertz CT molecular complexity index is 392. The van der Waals surface area contributed by atoms with Crippen LogP contribution in [0, 0.1) is 0 Å². The van der Waals surface area contributed by atoms with E-state index in [-0.39, 0.29) is 0 Å². The van der Waals surface area contributed by atoms with E-state index in [1.807, 2.05) is 11.8 Å². The van der Waals surface area contributed by atoms with Crippen molar-refractivity contribution in [1.82, 2.24) is 5.32 Å². The summed E-state index contributed by atoms with van der Waals surface area (Å²) in [5.41, 5.74) is 0.386. The summed E-state index contributed by atoms with van der Waals surface area (Å²) in [6.45, 7) is 0.836. The third kappa shape index (κ3) is 2.68.